The minimum absolute atomic E-state index is 0.0757. The molecule has 19 heavy (non-hydrogen) atoms. The summed E-state index contributed by atoms with van der Waals surface area (Å²) in [5, 5.41) is 2.60. The topological polar surface area (TPSA) is 89.6 Å². The minimum atomic E-state index is -4.51. The molecule has 2 rings (SSSR count). The van der Waals surface area contributed by atoms with Gasteiger partial charge in [0.2, 0.25) is 5.95 Å². The quantitative estimate of drug-likeness (QED) is 0.878. The van der Waals surface area contributed by atoms with Gasteiger partial charge in [0.1, 0.15) is 17.3 Å². The van der Waals surface area contributed by atoms with Crippen LogP contribution in [0.1, 0.15) is 11.5 Å². The smallest absolute Gasteiger partial charge is 0.384 e. The predicted octanol–water partition coefficient (Wildman–Crippen LogP) is 1.48. The van der Waals surface area contributed by atoms with Crippen LogP contribution >= 0.6 is 0 Å². The Morgan fingerprint density at radius 2 is 1.84 bits per heavy atom. The highest BCUT2D eigenvalue weighted by atomic mass is 19.4. The van der Waals surface area contributed by atoms with Gasteiger partial charge in [-0.2, -0.15) is 13.2 Å². The van der Waals surface area contributed by atoms with Gasteiger partial charge >= 0.3 is 6.18 Å². The zero-order valence-electron chi connectivity index (χ0n) is 9.52. The van der Waals surface area contributed by atoms with Gasteiger partial charge in [-0.15, -0.1) is 0 Å². The summed E-state index contributed by atoms with van der Waals surface area (Å²) in [7, 11) is 0. The normalized spacial score (nSPS) is 11.3. The van der Waals surface area contributed by atoms with Crippen molar-refractivity contribution in [3.63, 3.8) is 0 Å². The lowest BCUT2D eigenvalue weighted by Crippen LogP contribution is -2.12. The number of hydrogen-bond donors (Lipinski definition) is 2. The zero-order valence-corrected chi connectivity index (χ0v) is 9.52. The number of anilines is 2. The lowest BCUT2D eigenvalue weighted by Gasteiger charge is -2.08. The summed E-state index contributed by atoms with van der Waals surface area (Å²) in [5.41, 5.74) is 4.43. The number of nitrogen functional groups attached to an aromatic ring is 1. The van der Waals surface area contributed by atoms with Gasteiger partial charge in [-0.05, 0) is 12.1 Å². The molecule has 0 atom stereocenters. The van der Waals surface area contributed by atoms with Crippen molar-refractivity contribution in [2.45, 2.75) is 12.7 Å². The molecule has 3 N–H and O–H groups in total. The van der Waals surface area contributed by atoms with Crippen LogP contribution in [0, 0.1) is 0 Å². The van der Waals surface area contributed by atoms with Gasteiger partial charge in [-0.1, -0.05) is 0 Å². The number of halogens is 3. The fourth-order valence-corrected chi connectivity index (χ4v) is 1.26. The van der Waals surface area contributed by atoms with Crippen molar-refractivity contribution < 1.29 is 13.2 Å². The molecule has 0 aliphatic rings. The van der Waals surface area contributed by atoms with E-state index in [9.17, 15) is 13.2 Å². The third kappa shape index (κ3) is 3.50. The van der Waals surface area contributed by atoms with Crippen LogP contribution in [0.5, 0.6) is 0 Å². The largest absolute Gasteiger partial charge is 0.433 e. The standard InChI is InChI=1S/C10H9F3N6/c11-10(12,13)6-1-3-16-9(18-6)17-5-8-15-4-2-7(14)19-8/h1-4H,5H2,(H2,14,15,19)(H,16,17,18). The molecule has 0 bridgehead atoms. The number of rotatable bonds is 3. The maximum atomic E-state index is 12.4. The average molecular weight is 270 g/mol. The molecule has 0 aliphatic carbocycles. The molecule has 0 amide bonds. The Kier molecular flexibility index (Phi) is 3.45. The second kappa shape index (κ2) is 5.04. The lowest BCUT2D eigenvalue weighted by atomic mass is 10.4. The van der Waals surface area contributed by atoms with Crippen LogP contribution in [0.3, 0.4) is 0 Å². The van der Waals surface area contributed by atoms with Gasteiger partial charge in [0.05, 0.1) is 6.54 Å². The maximum absolute atomic E-state index is 12.4. The van der Waals surface area contributed by atoms with Gasteiger partial charge in [0.15, 0.2) is 0 Å². The van der Waals surface area contributed by atoms with Gasteiger partial charge in [-0.3, -0.25) is 0 Å². The van der Waals surface area contributed by atoms with Crippen molar-refractivity contribution in [2.24, 2.45) is 0 Å². The number of alkyl halides is 3. The molecule has 2 heterocycles. The Bertz CT molecular complexity index is 571. The van der Waals surface area contributed by atoms with Crippen LogP contribution in [0.15, 0.2) is 24.5 Å². The molecule has 0 aromatic carbocycles. The molecule has 0 spiro atoms. The van der Waals surface area contributed by atoms with Gasteiger partial charge in [0.25, 0.3) is 0 Å². The van der Waals surface area contributed by atoms with E-state index in [0.717, 1.165) is 12.3 Å². The summed E-state index contributed by atoms with van der Waals surface area (Å²) in [5.74, 6) is 0.457. The lowest BCUT2D eigenvalue weighted by molar-refractivity contribution is -0.141. The molecule has 0 aliphatic heterocycles. The number of aromatic nitrogens is 4. The summed E-state index contributed by atoms with van der Waals surface area (Å²) < 4.78 is 37.3. The van der Waals surface area contributed by atoms with Crippen molar-refractivity contribution in [3.8, 4) is 0 Å². The first kappa shape index (κ1) is 13.0. The molecule has 0 saturated heterocycles. The van der Waals surface area contributed by atoms with E-state index < -0.39 is 11.9 Å². The van der Waals surface area contributed by atoms with E-state index >= 15 is 0 Å². The van der Waals surface area contributed by atoms with Gasteiger partial charge in [0, 0.05) is 12.4 Å². The number of nitrogens with two attached hydrogens (primary N) is 1. The van der Waals surface area contributed by atoms with Crippen molar-refractivity contribution in [1.29, 1.82) is 0 Å². The Morgan fingerprint density at radius 3 is 2.53 bits per heavy atom. The van der Waals surface area contributed by atoms with E-state index in [2.05, 4.69) is 25.3 Å². The van der Waals surface area contributed by atoms with E-state index in [1.54, 1.807) is 0 Å². The molecule has 100 valence electrons. The van der Waals surface area contributed by atoms with E-state index in [1.807, 2.05) is 0 Å². The monoisotopic (exact) mass is 270 g/mol. The molecule has 0 unspecified atom stereocenters. The average Bonchev–Trinajstić information content (AvgIpc) is 2.36. The highest BCUT2D eigenvalue weighted by molar-refractivity contribution is 5.29. The van der Waals surface area contributed by atoms with Crippen LogP contribution < -0.4 is 11.1 Å². The van der Waals surface area contributed by atoms with Crippen molar-refractivity contribution >= 4 is 11.8 Å². The summed E-state index contributed by atoms with van der Waals surface area (Å²) in [4.78, 5) is 14.8. The highest BCUT2D eigenvalue weighted by Gasteiger charge is 2.32. The number of hydrogen-bond acceptors (Lipinski definition) is 6. The van der Waals surface area contributed by atoms with Crippen LogP contribution in [0.25, 0.3) is 0 Å². The number of nitrogens with one attached hydrogen (secondary N) is 1. The molecular weight excluding hydrogens is 261 g/mol. The fourth-order valence-electron chi connectivity index (χ4n) is 1.26. The third-order valence-corrected chi connectivity index (χ3v) is 2.08. The molecule has 6 nitrogen and oxygen atoms in total. The SMILES string of the molecule is Nc1ccnc(CNc2nccc(C(F)(F)F)n2)n1. The van der Waals surface area contributed by atoms with Gasteiger partial charge < -0.3 is 11.1 Å². The summed E-state index contributed by atoms with van der Waals surface area (Å²) in [6, 6.07) is 2.30. The molecule has 0 fully saturated rings. The Labute approximate surface area is 105 Å². The van der Waals surface area contributed by atoms with Crippen molar-refractivity contribution in [1.82, 2.24) is 19.9 Å². The Morgan fingerprint density at radius 1 is 1.11 bits per heavy atom. The molecular formula is C10H9F3N6. The van der Waals surface area contributed by atoms with E-state index in [4.69, 9.17) is 5.73 Å². The second-order valence-electron chi connectivity index (χ2n) is 3.51. The Balaban J connectivity index is 2.08. The highest BCUT2D eigenvalue weighted by Crippen LogP contribution is 2.27. The van der Waals surface area contributed by atoms with E-state index in [1.165, 1.54) is 12.3 Å². The summed E-state index contributed by atoms with van der Waals surface area (Å²) in [6.07, 6.45) is -2.03. The first-order chi connectivity index (χ1) is 8.95. The van der Waals surface area contributed by atoms with Crippen LogP contribution in [-0.2, 0) is 12.7 Å². The van der Waals surface area contributed by atoms with Gasteiger partial charge in [-0.25, -0.2) is 19.9 Å². The summed E-state index contributed by atoms with van der Waals surface area (Å²) in [6.45, 7) is 0.0757. The number of nitrogens with zero attached hydrogens (tertiary/aromatic N) is 4. The third-order valence-electron chi connectivity index (χ3n) is 2.08. The van der Waals surface area contributed by atoms with Crippen LogP contribution in [0.4, 0.5) is 24.9 Å². The maximum Gasteiger partial charge on any atom is 0.433 e. The zero-order chi connectivity index (χ0) is 13.9. The fraction of sp³-hybridized carbons (Fsp3) is 0.200. The first-order valence-corrected chi connectivity index (χ1v) is 5.16. The predicted molar refractivity (Wildman–Crippen MR) is 60.8 cm³/mol. The molecule has 2 aromatic rings. The molecule has 9 heteroatoms. The van der Waals surface area contributed by atoms with Crippen LogP contribution in [0.2, 0.25) is 0 Å². The molecule has 0 saturated carbocycles. The Hall–Kier alpha value is -2.45. The van der Waals surface area contributed by atoms with Crippen molar-refractivity contribution in [3.05, 3.63) is 36.0 Å². The first-order valence-electron chi connectivity index (χ1n) is 5.16. The van der Waals surface area contributed by atoms with E-state index in [0.29, 0.717) is 5.82 Å². The van der Waals surface area contributed by atoms with E-state index in [-0.39, 0.29) is 18.3 Å². The summed E-state index contributed by atoms with van der Waals surface area (Å²) >= 11 is 0. The molecule has 2 aromatic heterocycles. The minimum Gasteiger partial charge on any atom is -0.384 e. The van der Waals surface area contributed by atoms with Crippen molar-refractivity contribution in [2.75, 3.05) is 11.1 Å². The molecule has 0 radical (unpaired) electrons. The second-order valence-corrected chi connectivity index (χ2v) is 3.51. The van der Waals surface area contributed by atoms with Crippen LogP contribution in [-0.4, -0.2) is 19.9 Å².